The molecular formula is C26H43N5O12S. The number of ether oxygens (including phenoxy) is 1. The number of urea groups is 1. The molecule has 0 heterocycles. The molecule has 0 aromatic carbocycles. The van der Waals surface area contributed by atoms with Crippen LogP contribution in [-0.2, 0) is 38.3 Å². The summed E-state index contributed by atoms with van der Waals surface area (Å²) in [5, 5.41) is 34.6. The smallest absolute Gasteiger partial charge is 0.326 e. The Kier molecular flexibility index (Phi) is 19.0. The third-order valence-corrected chi connectivity index (χ3v) is 7.51. The normalized spacial score (nSPS) is 14.1. The van der Waals surface area contributed by atoms with Crippen molar-refractivity contribution in [2.75, 3.05) is 33.2 Å². The predicted octanol–water partition coefficient (Wildman–Crippen LogP) is -0.668. The molecule has 0 aliphatic rings. The van der Waals surface area contributed by atoms with Gasteiger partial charge in [0.25, 0.3) is 6.47 Å². The van der Waals surface area contributed by atoms with Gasteiger partial charge in [-0.2, -0.15) is 11.8 Å². The number of ketones is 1. The number of nitrogens with one attached hydrogen (secondary N) is 3. The summed E-state index contributed by atoms with van der Waals surface area (Å²) in [5.74, 6) is -4.91. The molecule has 0 fully saturated rings. The molecule has 0 saturated heterocycles. The molecule has 18 heteroatoms. The monoisotopic (exact) mass is 649 g/mol. The quantitative estimate of drug-likeness (QED) is 0.0594. The Balaban J connectivity index is 5.23. The highest BCUT2D eigenvalue weighted by atomic mass is 32.2. The maximum absolute atomic E-state index is 13.2. The second-order valence-electron chi connectivity index (χ2n) is 9.94. The molecule has 0 spiro atoms. The van der Waals surface area contributed by atoms with Gasteiger partial charge in [-0.3, -0.25) is 28.8 Å². The van der Waals surface area contributed by atoms with Crippen molar-refractivity contribution in [2.24, 2.45) is 0 Å². The molecule has 0 aromatic rings. The number of carbonyl (C=O) groups excluding carboxylic acids is 5. The molecular weight excluding hydrogens is 606 g/mol. The van der Waals surface area contributed by atoms with Crippen molar-refractivity contribution in [2.45, 2.75) is 82.3 Å². The maximum Gasteiger partial charge on any atom is 0.326 e. The molecule has 250 valence electrons. The van der Waals surface area contributed by atoms with Crippen LogP contribution in [0.1, 0.15) is 51.9 Å². The second kappa shape index (κ2) is 20.9. The Morgan fingerprint density at radius 1 is 0.841 bits per heavy atom. The highest BCUT2D eigenvalue weighted by Gasteiger charge is 2.35. The third-order valence-electron chi connectivity index (χ3n) is 6.69. The van der Waals surface area contributed by atoms with Gasteiger partial charge in [-0.1, -0.05) is 0 Å². The fraction of sp³-hybridized carbons (Fsp3) is 0.692. The van der Waals surface area contributed by atoms with Crippen LogP contribution >= 0.6 is 11.8 Å². The second-order valence-corrected chi connectivity index (χ2v) is 10.8. The molecule has 2 unspecified atom stereocenters. The summed E-state index contributed by atoms with van der Waals surface area (Å²) in [6.45, 7) is 1.80. The minimum Gasteiger partial charge on any atom is -0.481 e. The molecule has 0 bridgehead atoms. The van der Waals surface area contributed by atoms with E-state index in [2.05, 4.69) is 20.7 Å². The lowest BCUT2D eigenvalue weighted by atomic mass is 10.0. The zero-order valence-corrected chi connectivity index (χ0v) is 26.3. The van der Waals surface area contributed by atoms with Crippen LogP contribution in [0, 0.1) is 0 Å². The Hall–Kier alpha value is -3.93. The lowest BCUT2D eigenvalue weighted by molar-refractivity contribution is -0.150. The average Bonchev–Trinajstić information content (AvgIpc) is 2.95. The Morgan fingerprint density at radius 2 is 1.43 bits per heavy atom. The summed E-state index contributed by atoms with van der Waals surface area (Å²) in [6.07, 6.45) is -1.59. The van der Waals surface area contributed by atoms with Crippen molar-refractivity contribution in [3.63, 3.8) is 0 Å². The summed E-state index contributed by atoms with van der Waals surface area (Å²) < 4.78 is 4.58. The van der Waals surface area contributed by atoms with Crippen molar-refractivity contribution in [1.82, 2.24) is 25.8 Å². The zero-order valence-electron chi connectivity index (χ0n) is 25.4. The van der Waals surface area contributed by atoms with Crippen LogP contribution in [0.2, 0.25) is 0 Å². The SMILES string of the molecule is CN[C@@H](CCC(=O)CC[C@H](NC(=O)N[C@@H](CCC(=O)O)OC=O)C(=O)O)C(=O)N(C)C(CC(=O)O)C(=O)N(C)C(C)CSC. The number of amides is 4. The Bertz CT molecular complexity index is 1030. The summed E-state index contributed by atoms with van der Waals surface area (Å²) in [5.41, 5.74) is 0. The van der Waals surface area contributed by atoms with E-state index in [1.807, 2.05) is 6.26 Å². The van der Waals surface area contributed by atoms with Crippen LogP contribution in [0.15, 0.2) is 0 Å². The van der Waals surface area contributed by atoms with Crippen molar-refractivity contribution in [3.8, 4) is 0 Å². The third kappa shape index (κ3) is 15.0. The van der Waals surface area contributed by atoms with Crippen molar-refractivity contribution < 1.29 is 58.4 Å². The van der Waals surface area contributed by atoms with E-state index in [-0.39, 0.29) is 44.6 Å². The van der Waals surface area contributed by atoms with Gasteiger partial charge in [0.15, 0.2) is 6.23 Å². The van der Waals surface area contributed by atoms with Gasteiger partial charge >= 0.3 is 23.9 Å². The average molecular weight is 650 g/mol. The van der Waals surface area contributed by atoms with Gasteiger partial charge in [0.1, 0.15) is 17.9 Å². The number of hydrogen-bond acceptors (Lipinski definition) is 11. The Morgan fingerprint density at radius 3 is 1.91 bits per heavy atom. The first kappa shape index (κ1) is 40.1. The van der Waals surface area contributed by atoms with E-state index < -0.39 is 78.7 Å². The number of Topliss-reactive ketones (excluding diaryl/α,β-unsaturated/α-hetero) is 1. The van der Waals surface area contributed by atoms with Crippen molar-refractivity contribution in [3.05, 3.63) is 0 Å². The van der Waals surface area contributed by atoms with Gasteiger partial charge < -0.3 is 45.8 Å². The fourth-order valence-electron chi connectivity index (χ4n) is 3.99. The van der Waals surface area contributed by atoms with Gasteiger partial charge in [0, 0.05) is 45.2 Å². The molecule has 17 nitrogen and oxygen atoms in total. The summed E-state index contributed by atoms with van der Waals surface area (Å²) in [7, 11) is 4.31. The van der Waals surface area contributed by atoms with Crippen molar-refractivity contribution >= 4 is 59.8 Å². The van der Waals surface area contributed by atoms with Gasteiger partial charge in [0.05, 0.1) is 18.9 Å². The first-order chi connectivity index (χ1) is 20.6. The van der Waals surface area contributed by atoms with Crippen LogP contribution in [0.5, 0.6) is 0 Å². The van der Waals surface area contributed by atoms with Crippen LogP contribution in [0.3, 0.4) is 0 Å². The van der Waals surface area contributed by atoms with Gasteiger partial charge in [-0.25, -0.2) is 9.59 Å². The molecule has 0 rings (SSSR count). The fourth-order valence-corrected chi connectivity index (χ4v) is 4.69. The standard InChI is InChI=1S/C26H43N5O12S/c1-15(13-44-5)30(3)24(39)19(12-22(36)37)31(4)23(38)17(27-2)8-6-16(33)7-9-18(25(40)41)28-26(42)29-20(43-14-32)10-11-21(34)35/h14-15,17-20,27H,6-13H2,1-5H3,(H,34,35)(H,36,37)(H,40,41)(H2,28,29,42)/t15?,17-,18-,19?,20+/m0/s1. The maximum atomic E-state index is 13.2. The van der Waals surface area contributed by atoms with Crippen LogP contribution in [0.25, 0.3) is 0 Å². The number of aliphatic carboxylic acids is 3. The molecule has 0 aliphatic carbocycles. The first-order valence-corrected chi connectivity index (χ1v) is 15.0. The van der Waals surface area contributed by atoms with E-state index in [1.54, 1.807) is 6.92 Å². The molecule has 4 amide bonds. The number of carboxylic acid groups (broad SMARTS) is 3. The highest BCUT2D eigenvalue weighted by molar-refractivity contribution is 7.98. The molecule has 44 heavy (non-hydrogen) atoms. The minimum absolute atomic E-state index is 0.00298. The molecule has 6 N–H and O–H groups in total. The largest absolute Gasteiger partial charge is 0.481 e. The first-order valence-electron chi connectivity index (χ1n) is 13.6. The number of rotatable bonds is 23. The van der Waals surface area contributed by atoms with Crippen LogP contribution < -0.4 is 16.0 Å². The van der Waals surface area contributed by atoms with E-state index in [0.29, 0.717) is 5.75 Å². The van der Waals surface area contributed by atoms with E-state index in [4.69, 9.17) is 5.11 Å². The highest BCUT2D eigenvalue weighted by Crippen LogP contribution is 2.15. The van der Waals surface area contributed by atoms with Crippen LogP contribution in [-0.4, -0.2) is 137 Å². The zero-order chi connectivity index (χ0) is 34.0. The van der Waals surface area contributed by atoms with Gasteiger partial charge in [-0.05, 0) is 33.1 Å². The lowest BCUT2D eigenvalue weighted by Gasteiger charge is -2.34. The minimum atomic E-state index is -1.52. The predicted molar refractivity (Wildman–Crippen MR) is 157 cm³/mol. The Labute approximate surface area is 259 Å². The lowest BCUT2D eigenvalue weighted by Crippen LogP contribution is -2.55. The number of thioether (sulfide) groups is 1. The summed E-state index contributed by atoms with van der Waals surface area (Å²) >= 11 is 1.51. The number of nitrogens with zero attached hydrogens (tertiary/aromatic N) is 2. The van der Waals surface area contributed by atoms with E-state index >= 15 is 0 Å². The van der Waals surface area contributed by atoms with Crippen molar-refractivity contribution in [1.29, 1.82) is 0 Å². The summed E-state index contributed by atoms with van der Waals surface area (Å²) in [4.78, 5) is 97.9. The molecule has 0 radical (unpaired) electrons. The molecule has 0 saturated carbocycles. The number of hydrogen-bond donors (Lipinski definition) is 6. The summed E-state index contributed by atoms with van der Waals surface area (Å²) in [6, 6.07) is -5.04. The molecule has 0 aromatic heterocycles. The number of likely N-dealkylation sites (N-methyl/N-ethyl adjacent to an activating group) is 3. The molecule has 5 atom stereocenters. The number of carboxylic acids is 3. The molecule has 0 aliphatic heterocycles. The van der Waals surface area contributed by atoms with E-state index in [1.165, 1.54) is 37.8 Å². The van der Waals surface area contributed by atoms with Gasteiger partial charge in [-0.15, -0.1) is 0 Å². The van der Waals surface area contributed by atoms with Gasteiger partial charge in [0.2, 0.25) is 11.8 Å². The van der Waals surface area contributed by atoms with E-state index in [9.17, 15) is 48.6 Å². The van der Waals surface area contributed by atoms with E-state index in [0.717, 1.165) is 4.90 Å². The topological polar surface area (TPSA) is 249 Å². The number of carbonyl (C=O) groups is 8. The van der Waals surface area contributed by atoms with Crippen LogP contribution in [0.4, 0.5) is 4.79 Å².